The number of aliphatic hydroxyl groups is 1. The molecule has 0 fully saturated rings. The summed E-state index contributed by atoms with van der Waals surface area (Å²) in [5.74, 6) is 0.648. The van der Waals surface area contributed by atoms with Gasteiger partial charge in [-0.15, -0.1) is 0 Å². The molecule has 3 nitrogen and oxygen atoms in total. The van der Waals surface area contributed by atoms with E-state index in [0.29, 0.717) is 5.92 Å². The van der Waals surface area contributed by atoms with E-state index in [1.807, 2.05) is 13.1 Å². The molecule has 1 heterocycles. The fourth-order valence-electron chi connectivity index (χ4n) is 2.65. The van der Waals surface area contributed by atoms with Crippen molar-refractivity contribution in [2.75, 3.05) is 13.7 Å². The van der Waals surface area contributed by atoms with E-state index in [-0.39, 0.29) is 18.6 Å². The van der Waals surface area contributed by atoms with Crippen molar-refractivity contribution in [3.05, 3.63) is 36.0 Å². The number of para-hydroxylation sites is 1. The van der Waals surface area contributed by atoms with Crippen LogP contribution in [0.25, 0.3) is 10.9 Å². The number of fused-ring (bicyclic) bond motifs is 1. The fourth-order valence-corrected chi connectivity index (χ4v) is 2.65. The normalized spacial score (nSPS) is 15.2. The molecule has 0 aliphatic carbocycles. The molecule has 0 bridgehead atoms. The van der Waals surface area contributed by atoms with Crippen LogP contribution in [0, 0.1) is 11.8 Å². The van der Waals surface area contributed by atoms with Crippen molar-refractivity contribution in [1.29, 1.82) is 0 Å². The Bertz CT molecular complexity index is 504. The largest absolute Gasteiger partial charge is 0.396 e. The number of rotatable bonds is 5. The lowest BCUT2D eigenvalue weighted by Crippen LogP contribution is -2.31. The summed E-state index contributed by atoms with van der Waals surface area (Å²) in [4.78, 5) is 3.30. The van der Waals surface area contributed by atoms with Crippen LogP contribution in [0.3, 0.4) is 0 Å². The zero-order chi connectivity index (χ0) is 13.1. The van der Waals surface area contributed by atoms with E-state index in [1.165, 1.54) is 10.9 Å². The molecule has 1 aromatic carbocycles. The Hall–Kier alpha value is -1.32. The van der Waals surface area contributed by atoms with Crippen LogP contribution in [0.5, 0.6) is 0 Å². The smallest absolute Gasteiger partial charge is 0.0479 e. The lowest BCUT2D eigenvalue weighted by molar-refractivity contribution is 0.155. The standard InChI is InChI=1S/C15H22N2O/c1-10(2)13(9-18)15(16-3)12-8-17-14-7-5-4-6-11(12)14/h4-8,10,13,15-18H,9H2,1-3H3. The average Bonchev–Trinajstić information content (AvgIpc) is 2.79. The molecule has 1 aromatic heterocycles. The van der Waals surface area contributed by atoms with Gasteiger partial charge in [-0.05, 0) is 24.6 Å². The summed E-state index contributed by atoms with van der Waals surface area (Å²) < 4.78 is 0. The van der Waals surface area contributed by atoms with Gasteiger partial charge in [-0.25, -0.2) is 0 Å². The molecular weight excluding hydrogens is 224 g/mol. The van der Waals surface area contributed by atoms with E-state index in [9.17, 15) is 5.11 Å². The third kappa shape index (κ3) is 2.28. The van der Waals surface area contributed by atoms with Crippen LogP contribution in [-0.4, -0.2) is 23.7 Å². The van der Waals surface area contributed by atoms with Crippen LogP contribution in [0.2, 0.25) is 0 Å². The molecule has 18 heavy (non-hydrogen) atoms. The summed E-state index contributed by atoms with van der Waals surface area (Å²) >= 11 is 0. The van der Waals surface area contributed by atoms with Gasteiger partial charge in [-0.1, -0.05) is 32.0 Å². The third-order valence-electron chi connectivity index (χ3n) is 3.76. The lowest BCUT2D eigenvalue weighted by atomic mass is 9.85. The molecule has 0 aliphatic heterocycles. The number of nitrogens with one attached hydrogen (secondary N) is 2. The van der Waals surface area contributed by atoms with E-state index >= 15 is 0 Å². The molecule has 98 valence electrons. The molecule has 0 aliphatic rings. The molecule has 0 spiro atoms. The molecule has 0 amide bonds. The number of hydrogen-bond donors (Lipinski definition) is 3. The summed E-state index contributed by atoms with van der Waals surface area (Å²) in [5, 5.41) is 14.2. The number of hydrogen-bond acceptors (Lipinski definition) is 2. The van der Waals surface area contributed by atoms with Crippen LogP contribution in [0.15, 0.2) is 30.5 Å². The minimum Gasteiger partial charge on any atom is -0.396 e. The summed E-state index contributed by atoms with van der Waals surface area (Å²) in [6, 6.07) is 8.46. The van der Waals surface area contributed by atoms with Crippen LogP contribution in [-0.2, 0) is 0 Å². The predicted octanol–water partition coefficient (Wildman–Crippen LogP) is 2.69. The minimum absolute atomic E-state index is 0.172. The number of H-pyrrole nitrogens is 1. The number of aromatic amines is 1. The maximum Gasteiger partial charge on any atom is 0.0479 e. The topological polar surface area (TPSA) is 48.0 Å². The van der Waals surface area contributed by atoms with E-state index in [4.69, 9.17) is 0 Å². The maximum atomic E-state index is 9.62. The van der Waals surface area contributed by atoms with E-state index in [0.717, 1.165) is 5.52 Å². The van der Waals surface area contributed by atoms with E-state index < -0.39 is 0 Å². The highest BCUT2D eigenvalue weighted by Crippen LogP contribution is 2.32. The lowest BCUT2D eigenvalue weighted by Gasteiger charge is -2.28. The molecule has 0 saturated heterocycles. The minimum atomic E-state index is 0.172. The van der Waals surface area contributed by atoms with Crippen molar-refractivity contribution >= 4 is 10.9 Å². The predicted molar refractivity (Wildman–Crippen MR) is 75.5 cm³/mol. The van der Waals surface area contributed by atoms with Gasteiger partial charge in [0.1, 0.15) is 0 Å². The van der Waals surface area contributed by atoms with Gasteiger partial charge in [0.25, 0.3) is 0 Å². The molecule has 3 heteroatoms. The van der Waals surface area contributed by atoms with Crippen LogP contribution in [0.1, 0.15) is 25.5 Å². The number of aliphatic hydroxyl groups excluding tert-OH is 1. The third-order valence-corrected chi connectivity index (χ3v) is 3.76. The zero-order valence-corrected chi connectivity index (χ0v) is 11.3. The van der Waals surface area contributed by atoms with Gasteiger partial charge < -0.3 is 15.4 Å². The first kappa shape index (κ1) is 13.1. The highest BCUT2D eigenvalue weighted by Gasteiger charge is 2.25. The van der Waals surface area contributed by atoms with E-state index in [2.05, 4.69) is 48.5 Å². The molecule has 0 saturated carbocycles. The Morgan fingerprint density at radius 2 is 2.00 bits per heavy atom. The molecule has 2 unspecified atom stereocenters. The van der Waals surface area contributed by atoms with Gasteiger partial charge >= 0.3 is 0 Å². The zero-order valence-electron chi connectivity index (χ0n) is 11.3. The van der Waals surface area contributed by atoms with Gasteiger partial charge in [0.15, 0.2) is 0 Å². The van der Waals surface area contributed by atoms with Crippen molar-refractivity contribution in [2.45, 2.75) is 19.9 Å². The first-order valence-corrected chi connectivity index (χ1v) is 6.53. The van der Waals surface area contributed by atoms with Crippen molar-refractivity contribution in [1.82, 2.24) is 10.3 Å². The average molecular weight is 246 g/mol. The van der Waals surface area contributed by atoms with Gasteiger partial charge in [-0.3, -0.25) is 0 Å². The Balaban J connectivity index is 2.43. The van der Waals surface area contributed by atoms with Crippen LogP contribution in [0.4, 0.5) is 0 Å². The van der Waals surface area contributed by atoms with Crippen LogP contribution < -0.4 is 5.32 Å². The summed E-state index contributed by atoms with van der Waals surface area (Å²) in [5.41, 5.74) is 2.38. The molecule has 2 rings (SSSR count). The van der Waals surface area contributed by atoms with Gasteiger partial charge in [0, 0.05) is 35.7 Å². The number of benzene rings is 1. The molecular formula is C15H22N2O. The van der Waals surface area contributed by atoms with Crippen LogP contribution >= 0.6 is 0 Å². The quantitative estimate of drug-likeness (QED) is 0.759. The highest BCUT2D eigenvalue weighted by molar-refractivity contribution is 5.83. The first-order chi connectivity index (χ1) is 8.69. The first-order valence-electron chi connectivity index (χ1n) is 6.53. The van der Waals surface area contributed by atoms with E-state index in [1.54, 1.807) is 0 Å². The molecule has 2 aromatic rings. The second kappa shape index (κ2) is 5.55. The van der Waals surface area contributed by atoms with Crippen molar-refractivity contribution < 1.29 is 5.11 Å². The SMILES string of the molecule is CNC(c1c[nH]c2ccccc12)C(CO)C(C)C. The summed E-state index contributed by atoms with van der Waals surface area (Å²) in [6.07, 6.45) is 2.05. The summed E-state index contributed by atoms with van der Waals surface area (Å²) in [7, 11) is 1.96. The fraction of sp³-hybridized carbons (Fsp3) is 0.467. The Morgan fingerprint density at radius 3 is 2.61 bits per heavy atom. The maximum absolute atomic E-state index is 9.62. The van der Waals surface area contributed by atoms with Gasteiger partial charge in [0.05, 0.1) is 0 Å². The summed E-state index contributed by atoms with van der Waals surface area (Å²) in [6.45, 7) is 4.50. The Labute approximate surface area is 108 Å². The Morgan fingerprint density at radius 1 is 1.28 bits per heavy atom. The number of aromatic nitrogens is 1. The van der Waals surface area contributed by atoms with Gasteiger partial charge in [0.2, 0.25) is 0 Å². The van der Waals surface area contributed by atoms with Gasteiger partial charge in [-0.2, -0.15) is 0 Å². The van der Waals surface area contributed by atoms with Crippen molar-refractivity contribution in [3.63, 3.8) is 0 Å². The van der Waals surface area contributed by atoms with Crippen molar-refractivity contribution in [3.8, 4) is 0 Å². The molecule has 3 N–H and O–H groups in total. The monoisotopic (exact) mass is 246 g/mol. The second-order valence-corrected chi connectivity index (χ2v) is 5.15. The Kier molecular flexibility index (Phi) is 4.04. The van der Waals surface area contributed by atoms with Crippen molar-refractivity contribution in [2.24, 2.45) is 11.8 Å². The molecule has 0 radical (unpaired) electrons. The second-order valence-electron chi connectivity index (χ2n) is 5.15. The highest BCUT2D eigenvalue weighted by atomic mass is 16.3. The molecule has 2 atom stereocenters.